The molecule has 2 unspecified atom stereocenters. The topological polar surface area (TPSA) is 55.1 Å². The summed E-state index contributed by atoms with van der Waals surface area (Å²) in [5.74, 6) is -0.586. The number of carbonyl (C=O) groups is 1. The number of halogens is 2. The third-order valence-electron chi connectivity index (χ3n) is 3.60. The Kier molecular flexibility index (Phi) is 7.72. The van der Waals surface area contributed by atoms with Crippen molar-refractivity contribution in [2.75, 3.05) is 6.54 Å². The molecule has 0 spiro atoms. The van der Waals surface area contributed by atoms with Gasteiger partial charge in [-0.25, -0.2) is 4.39 Å². The smallest absolute Gasteiger partial charge is 0.223 e. The molecule has 0 fully saturated rings. The van der Waals surface area contributed by atoms with E-state index in [1.807, 2.05) is 43.3 Å². The Hall–Kier alpha value is -1.91. The van der Waals surface area contributed by atoms with Gasteiger partial charge in [-0.15, -0.1) is 12.4 Å². The summed E-state index contributed by atoms with van der Waals surface area (Å²) < 4.78 is 13.1. The lowest BCUT2D eigenvalue weighted by Crippen LogP contribution is -2.35. The lowest BCUT2D eigenvalue weighted by molar-refractivity contribution is -0.124. The fraction of sp³-hybridized carbons (Fsp3) is 0.278. The highest BCUT2D eigenvalue weighted by molar-refractivity contribution is 5.85. The van der Waals surface area contributed by atoms with Gasteiger partial charge < -0.3 is 11.1 Å². The van der Waals surface area contributed by atoms with Crippen LogP contribution in [0.25, 0.3) is 0 Å². The van der Waals surface area contributed by atoms with E-state index in [-0.39, 0.29) is 36.1 Å². The molecule has 0 aliphatic heterocycles. The first-order valence-electron chi connectivity index (χ1n) is 7.39. The van der Waals surface area contributed by atoms with Crippen molar-refractivity contribution in [1.82, 2.24) is 5.32 Å². The summed E-state index contributed by atoms with van der Waals surface area (Å²) in [4.78, 5) is 12.1. The quantitative estimate of drug-likeness (QED) is 0.850. The van der Waals surface area contributed by atoms with E-state index in [0.717, 1.165) is 11.1 Å². The van der Waals surface area contributed by atoms with Crippen molar-refractivity contribution in [2.24, 2.45) is 11.7 Å². The first-order chi connectivity index (χ1) is 10.6. The number of hydrogen-bond acceptors (Lipinski definition) is 2. The van der Waals surface area contributed by atoms with Crippen LogP contribution in [0.3, 0.4) is 0 Å². The number of nitrogens with two attached hydrogens (primary N) is 1. The summed E-state index contributed by atoms with van der Waals surface area (Å²) in [5.41, 5.74) is 7.85. The standard InChI is InChI=1S/C18H21FN2O.ClH/c1-13(10-14-6-5-9-16(19)11-14)18(22)21-12-17(20)15-7-3-2-4-8-15;/h2-9,11,13,17H,10,12,20H2,1H3,(H,21,22);1H. The van der Waals surface area contributed by atoms with Crippen LogP contribution < -0.4 is 11.1 Å². The molecule has 1 amide bonds. The molecule has 2 atom stereocenters. The second-order valence-corrected chi connectivity index (χ2v) is 5.50. The molecule has 124 valence electrons. The molecule has 0 aliphatic carbocycles. The van der Waals surface area contributed by atoms with E-state index >= 15 is 0 Å². The molecule has 0 bridgehead atoms. The molecule has 2 aromatic carbocycles. The molecule has 3 nitrogen and oxygen atoms in total. The summed E-state index contributed by atoms with van der Waals surface area (Å²) in [6.45, 7) is 2.21. The van der Waals surface area contributed by atoms with E-state index in [4.69, 9.17) is 5.73 Å². The highest BCUT2D eigenvalue weighted by atomic mass is 35.5. The molecule has 23 heavy (non-hydrogen) atoms. The van der Waals surface area contributed by atoms with Gasteiger partial charge in [0.15, 0.2) is 0 Å². The average Bonchev–Trinajstić information content (AvgIpc) is 2.53. The number of rotatable bonds is 6. The zero-order valence-corrected chi connectivity index (χ0v) is 13.9. The Morgan fingerprint density at radius 2 is 1.87 bits per heavy atom. The first-order valence-corrected chi connectivity index (χ1v) is 7.39. The minimum Gasteiger partial charge on any atom is -0.354 e. The van der Waals surface area contributed by atoms with Crippen molar-refractivity contribution in [1.29, 1.82) is 0 Å². The lowest BCUT2D eigenvalue weighted by atomic mass is 10.00. The van der Waals surface area contributed by atoms with Crippen molar-refractivity contribution >= 4 is 18.3 Å². The Bertz CT molecular complexity index is 621. The highest BCUT2D eigenvalue weighted by Gasteiger charge is 2.15. The molecule has 2 rings (SSSR count). The van der Waals surface area contributed by atoms with Gasteiger partial charge in [0, 0.05) is 18.5 Å². The van der Waals surface area contributed by atoms with Crippen LogP contribution in [0.5, 0.6) is 0 Å². The molecule has 0 aromatic heterocycles. The van der Waals surface area contributed by atoms with Crippen molar-refractivity contribution in [3.05, 3.63) is 71.5 Å². The zero-order chi connectivity index (χ0) is 15.9. The van der Waals surface area contributed by atoms with Gasteiger partial charge in [0.25, 0.3) is 0 Å². The summed E-state index contributed by atoms with van der Waals surface area (Å²) in [6.07, 6.45) is 0.504. The van der Waals surface area contributed by atoms with Crippen LogP contribution in [-0.2, 0) is 11.2 Å². The fourth-order valence-electron chi connectivity index (χ4n) is 2.31. The molecule has 2 aromatic rings. The zero-order valence-electron chi connectivity index (χ0n) is 13.0. The average molecular weight is 337 g/mol. The van der Waals surface area contributed by atoms with Crippen LogP contribution >= 0.6 is 12.4 Å². The summed E-state index contributed by atoms with van der Waals surface area (Å²) in [7, 11) is 0. The summed E-state index contributed by atoms with van der Waals surface area (Å²) in [6, 6.07) is 15.7. The fourth-order valence-corrected chi connectivity index (χ4v) is 2.31. The van der Waals surface area contributed by atoms with Gasteiger partial charge in [-0.3, -0.25) is 4.79 Å². The molecule has 0 aliphatic rings. The van der Waals surface area contributed by atoms with Gasteiger partial charge in [0.1, 0.15) is 5.82 Å². The third kappa shape index (κ3) is 6.00. The Balaban J connectivity index is 0.00000264. The van der Waals surface area contributed by atoms with E-state index in [1.54, 1.807) is 6.07 Å². The van der Waals surface area contributed by atoms with Crippen molar-refractivity contribution < 1.29 is 9.18 Å². The number of carbonyl (C=O) groups excluding carboxylic acids is 1. The molecular weight excluding hydrogens is 315 g/mol. The van der Waals surface area contributed by atoms with E-state index in [1.165, 1.54) is 12.1 Å². The minimum atomic E-state index is -0.281. The number of nitrogens with one attached hydrogen (secondary N) is 1. The van der Waals surface area contributed by atoms with Gasteiger partial charge in [-0.2, -0.15) is 0 Å². The van der Waals surface area contributed by atoms with Crippen molar-refractivity contribution in [3.63, 3.8) is 0 Å². The molecule has 5 heteroatoms. The second kappa shape index (κ2) is 9.28. The molecule has 0 saturated heterocycles. The van der Waals surface area contributed by atoms with Gasteiger partial charge >= 0.3 is 0 Å². The molecular formula is C18H22ClFN2O. The van der Waals surface area contributed by atoms with Gasteiger partial charge in [-0.1, -0.05) is 49.4 Å². The van der Waals surface area contributed by atoms with Crippen LogP contribution in [-0.4, -0.2) is 12.5 Å². The second-order valence-electron chi connectivity index (χ2n) is 5.50. The van der Waals surface area contributed by atoms with Crippen molar-refractivity contribution in [2.45, 2.75) is 19.4 Å². The third-order valence-corrected chi connectivity index (χ3v) is 3.60. The number of amides is 1. The normalized spacial score (nSPS) is 12.8. The van der Waals surface area contributed by atoms with E-state index in [2.05, 4.69) is 5.32 Å². The molecule has 0 saturated carbocycles. The summed E-state index contributed by atoms with van der Waals surface area (Å²) >= 11 is 0. The van der Waals surface area contributed by atoms with Crippen LogP contribution in [0.4, 0.5) is 4.39 Å². The first kappa shape index (κ1) is 19.1. The van der Waals surface area contributed by atoms with Crippen LogP contribution in [0.2, 0.25) is 0 Å². The maximum Gasteiger partial charge on any atom is 0.223 e. The van der Waals surface area contributed by atoms with Gasteiger partial charge in [-0.05, 0) is 29.7 Å². The van der Waals surface area contributed by atoms with Crippen LogP contribution in [0, 0.1) is 11.7 Å². The SMILES string of the molecule is CC(Cc1cccc(F)c1)C(=O)NCC(N)c1ccccc1.Cl. The van der Waals surface area contributed by atoms with Crippen molar-refractivity contribution in [3.8, 4) is 0 Å². The monoisotopic (exact) mass is 336 g/mol. The van der Waals surface area contributed by atoms with E-state index in [0.29, 0.717) is 13.0 Å². The van der Waals surface area contributed by atoms with Crippen LogP contribution in [0.1, 0.15) is 24.1 Å². The molecule has 0 heterocycles. The Morgan fingerprint density at radius 1 is 1.17 bits per heavy atom. The lowest BCUT2D eigenvalue weighted by Gasteiger charge is -2.16. The molecule has 3 N–H and O–H groups in total. The van der Waals surface area contributed by atoms with E-state index in [9.17, 15) is 9.18 Å². The van der Waals surface area contributed by atoms with E-state index < -0.39 is 0 Å². The minimum absolute atomic E-state index is 0. The van der Waals surface area contributed by atoms with Crippen LogP contribution in [0.15, 0.2) is 54.6 Å². The number of benzene rings is 2. The summed E-state index contributed by atoms with van der Waals surface area (Å²) in [5, 5.41) is 2.86. The highest BCUT2D eigenvalue weighted by Crippen LogP contribution is 2.12. The predicted octanol–water partition coefficient (Wildman–Crippen LogP) is 3.24. The number of hydrogen-bond donors (Lipinski definition) is 2. The molecule has 0 radical (unpaired) electrons. The maximum atomic E-state index is 13.1. The van der Waals surface area contributed by atoms with Gasteiger partial charge in [0.05, 0.1) is 0 Å². The Labute approximate surface area is 142 Å². The van der Waals surface area contributed by atoms with Gasteiger partial charge in [0.2, 0.25) is 5.91 Å². The largest absolute Gasteiger partial charge is 0.354 e. The maximum absolute atomic E-state index is 13.1. The Morgan fingerprint density at radius 3 is 2.52 bits per heavy atom. The predicted molar refractivity (Wildman–Crippen MR) is 92.9 cm³/mol.